The van der Waals surface area contributed by atoms with E-state index in [1.165, 1.54) is 5.56 Å². The molecule has 5 nitrogen and oxygen atoms in total. The summed E-state index contributed by atoms with van der Waals surface area (Å²) in [5.74, 6) is 2.18. The number of urea groups is 1. The van der Waals surface area contributed by atoms with Crippen molar-refractivity contribution in [1.82, 2.24) is 10.2 Å². The molecule has 124 valence electrons. The molecule has 2 heterocycles. The molecule has 0 unspecified atom stereocenters. The fraction of sp³-hybridized carbons (Fsp3) is 0.529. The Balaban J connectivity index is 1.39. The Bertz CT molecular complexity index is 573. The third kappa shape index (κ3) is 3.99. The van der Waals surface area contributed by atoms with E-state index in [4.69, 9.17) is 0 Å². The molecule has 0 saturated carbocycles. The van der Waals surface area contributed by atoms with Gasteiger partial charge in [0.1, 0.15) is 0 Å². The van der Waals surface area contributed by atoms with Crippen LogP contribution in [0.5, 0.6) is 0 Å². The number of carbonyl (C=O) groups excluding carboxylic acids is 2. The molecule has 23 heavy (non-hydrogen) atoms. The Morgan fingerprint density at radius 2 is 1.91 bits per heavy atom. The molecule has 2 aliphatic heterocycles. The summed E-state index contributed by atoms with van der Waals surface area (Å²) in [5, 5.41) is 2.92. The van der Waals surface area contributed by atoms with Crippen LogP contribution in [-0.2, 0) is 11.2 Å². The zero-order valence-electron chi connectivity index (χ0n) is 13.3. The van der Waals surface area contributed by atoms with Gasteiger partial charge in [-0.05, 0) is 24.5 Å². The van der Waals surface area contributed by atoms with Gasteiger partial charge in [0.25, 0.3) is 0 Å². The lowest BCUT2D eigenvalue weighted by molar-refractivity contribution is -0.118. The summed E-state index contributed by atoms with van der Waals surface area (Å²) in [6, 6.07) is 8.09. The number of nitrogens with one attached hydrogen (secondary N) is 1. The SMILES string of the molecule is O=C(NCCCC(=O)N1CCc2ccccc21)N1CCSCC1. The normalized spacial score (nSPS) is 17.0. The van der Waals surface area contributed by atoms with Gasteiger partial charge >= 0.3 is 6.03 Å². The average Bonchev–Trinajstić information content (AvgIpc) is 3.03. The molecule has 3 amide bonds. The monoisotopic (exact) mass is 333 g/mol. The third-order valence-corrected chi connectivity index (χ3v) is 5.27. The number of carbonyl (C=O) groups is 2. The first-order valence-corrected chi connectivity index (χ1v) is 9.40. The van der Waals surface area contributed by atoms with Crippen LogP contribution in [0.15, 0.2) is 24.3 Å². The molecule has 1 fully saturated rings. The van der Waals surface area contributed by atoms with Crippen LogP contribution >= 0.6 is 11.8 Å². The first kappa shape index (κ1) is 16.2. The van der Waals surface area contributed by atoms with Gasteiger partial charge in [-0.3, -0.25) is 4.79 Å². The standard InChI is InChI=1S/C17H23N3O2S/c21-16(20-9-7-14-4-1-2-5-15(14)20)6-3-8-18-17(22)19-10-12-23-13-11-19/h1-2,4-5H,3,6-13H2,(H,18,22). The van der Waals surface area contributed by atoms with Gasteiger partial charge < -0.3 is 15.1 Å². The molecule has 1 N–H and O–H groups in total. The van der Waals surface area contributed by atoms with Crippen molar-refractivity contribution >= 4 is 29.4 Å². The van der Waals surface area contributed by atoms with Crippen LogP contribution in [-0.4, -0.2) is 54.5 Å². The number of thioether (sulfide) groups is 1. The Hall–Kier alpha value is -1.69. The minimum atomic E-state index is 0.00395. The van der Waals surface area contributed by atoms with Crippen LogP contribution in [0.3, 0.4) is 0 Å². The number of anilines is 1. The van der Waals surface area contributed by atoms with Crippen molar-refractivity contribution in [2.75, 3.05) is 42.6 Å². The average molecular weight is 333 g/mol. The number of nitrogens with zero attached hydrogens (tertiary/aromatic N) is 2. The number of hydrogen-bond donors (Lipinski definition) is 1. The van der Waals surface area contributed by atoms with E-state index in [1.807, 2.05) is 39.8 Å². The number of amides is 3. The van der Waals surface area contributed by atoms with E-state index >= 15 is 0 Å². The molecule has 0 bridgehead atoms. The highest BCUT2D eigenvalue weighted by Gasteiger charge is 2.23. The number of para-hydroxylation sites is 1. The van der Waals surface area contributed by atoms with Crippen molar-refractivity contribution < 1.29 is 9.59 Å². The first-order valence-electron chi connectivity index (χ1n) is 8.24. The topological polar surface area (TPSA) is 52.7 Å². The number of hydrogen-bond acceptors (Lipinski definition) is 3. The highest BCUT2D eigenvalue weighted by molar-refractivity contribution is 7.99. The summed E-state index contributed by atoms with van der Waals surface area (Å²) in [6.45, 7) is 2.97. The highest BCUT2D eigenvalue weighted by Crippen LogP contribution is 2.27. The van der Waals surface area contributed by atoms with Crippen molar-refractivity contribution in [3.05, 3.63) is 29.8 Å². The molecule has 0 aromatic heterocycles. The summed E-state index contributed by atoms with van der Waals surface area (Å²) in [6.07, 6.45) is 2.10. The van der Waals surface area contributed by atoms with Crippen LogP contribution in [0, 0.1) is 0 Å². The Morgan fingerprint density at radius 1 is 1.13 bits per heavy atom. The Morgan fingerprint density at radius 3 is 2.74 bits per heavy atom. The quantitative estimate of drug-likeness (QED) is 0.859. The molecule has 2 aliphatic rings. The summed E-state index contributed by atoms with van der Waals surface area (Å²) in [7, 11) is 0. The van der Waals surface area contributed by atoms with E-state index in [9.17, 15) is 9.59 Å². The van der Waals surface area contributed by atoms with Gasteiger partial charge in [0.2, 0.25) is 5.91 Å². The van der Waals surface area contributed by atoms with Gasteiger partial charge in [-0.2, -0.15) is 11.8 Å². The molecule has 0 aliphatic carbocycles. The second-order valence-electron chi connectivity index (χ2n) is 5.86. The molecule has 0 radical (unpaired) electrons. The van der Waals surface area contributed by atoms with Gasteiger partial charge in [0, 0.05) is 49.8 Å². The summed E-state index contributed by atoms with van der Waals surface area (Å²) in [5.41, 5.74) is 2.30. The minimum absolute atomic E-state index is 0.00395. The van der Waals surface area contributed by atoms with Gasteiger partial charge in [0.05, 0.1) is 0 Å². The number of fused-ring (bicyclic) bond motifs is 1. The maximum absolute atomic E-state index is 12.4. The molecule has 0 atom stereocenters. The van der Waals surface area contributed by atoms with Crippen LogP contribution in [0.4, 0.5) is 10.5 Å². The molecule has 6 heteroatoms. The fourth-order valence-corrected chi connectivity index (χ4v) is 3.95. The van der Waals surface area contributed by atoms with E-state index in [1.54, 1.807) is 0 Å². The van der Waals surface area contributed by atoms with Crippen molar-refractivity contribution in [2.45, 2.75) is 19.3 Å². The molecule has 1 aromatic rings. The molecule has 1 saturated heterocycles. The van der Waals surface area contributed by atoms with E-state index in [0.717, 1.165) is 43.2 Å². The Labute approximate surface area is 141 Å². The van der Waals surface area contributed by atoms with E-state index < -0.39 is 0 Å². The number of benzene rings is 1. The fourth-order valence-electron chi connectivity index (χ4n) is 3.05. The third-order valence-electron chi connectivity index (χ3n) is 4.33. The second kappa shape index (κ2) is 7.73. The molecule has 0 spiro atoms. The van der Waals surface area contributed by atoms with Crippen molar-refractivity contribution in [3.8, 4) is 0 Å². The van der Waals surface area contributed by atoms with Gasteiger partial charge in [-0.1, -0.05) is 18.2 Å². The smallest absolute Gasteiger partial charge is 0.317 e. The van der Waals surface area contributed by atoms with Crippen molar-refractivity contribution in [3.63, 3.8) is 0 Å². The predicted octanol–water partition coefficient (Wildman–Crippen LogP) is 2.11. The van der Waals surface area contributed by atoms with Gasteiger partial charge in [-0.15, -0.1) is 0 Å². The second-order valence-corrected chi connectivity index (χ2v) is 7.08. The number of rotatable bonds is 4. The van der Waals surface area contributed by atoms with E-state index in [0.29, 0.717) is 19.4 Å². The highest BCUT2D eigenvalue weighted by atomic mass is 32.2. The molecular formula is C17H23N3O2S. The first-order chi connectivity index (χ1) is 11.3. The zero-order chi connectivity index (χ0) is 16.1. The van der Waals surface area contributed by atoms with Crippen LogP contribution < -0.4 is 10.2 Å². The lowest BCUT2D eigenvalue weighted by atomic mass is 10.2. The molecule has 1 aromatic carbocycles. The van der Waals surface area contributed by atoms with Crippen LogP contribution in [0.2, 0.25) is 0 Å². The van der Waals surface area contributed by atoms with Crippen LogP contribution in [0.1, 0.15) is 18.4 Å². The largest absolute Gasteiger partial charge is 0.338 e. The summed E-state index contributed by atoms with van der Waals surface area (Å²) >= 11 is 1.89. The lowest BCUT2D eigenvalue weighted by Crippen LogP contribution is -2.44. The zero-order valence-corrected chi connectivity index (χ0v) is 14.1. The van der Waals surface area contributed by atoms with E-state index in [2.05, 4.69) is 11.4 Å². The Kier molecular flexibility index (Phi) is 5.43. The summed E-state index contributed by atoms with van der Waals surface area (Å²) < 4.78 is 0. The summed E-state index contributed by atoms with van der Waals surface area (Å²) in [4.78, 5) is 28.1. The van der Waals surface area contributed by atoms with Gasteiger partial charge in [-0.25, -0.2) is 4.79 Å². The maximum atomic E-state index is 12.4. The molecule has 3 rings (SSSR count). The van der Waals surface area contributed by atoms with Crippen molar-refractivity contribution in [1.29, 1.82) is 0 Å². The van der Waals surface area contributed by atoms with Crippen LogP contribution in [0.25, 0.3) is 0 Å². The lowest BCUT2D eigenvalue weighted by Gasteiger charge is -2.26. The molecular weight excluding hydrogens is 310 g/mol. The maximum Gasteiger partial charge on any atom is 0.317 e. The van der Waals surface area contributed by atoms with Crippen molar-refractivity contribution in [2.24, 2.45) is 0 Å². The van der Waals surface area contributed by atoms with E-state index in [-0.39, 0.29) is 11.9 Å². The van der Waals surface area contributed by atoms with Gasteiger partial charge in [0.15, 0.2) is 0 Å². The minimum Gasteiger partial charge on any atom is -0.338 e. The predicted molar refractivity (Wildman–Crippen MR) is 94.0 cm³/mol.